The van der Waals surface area contributed by atoms with Crippen LogP contribution in [0.25, 0.3) is 0 Å². The number of benzene rings is 1. The number of aryl methyl sites for hydroxylation is 1. The summed E-state index contributed by atoms with van der Waals surface area (Å²) in [6.45, 7) is 12.3. The molecule has 0 atom stereocenters. The predicted octanol–water partition coefficient (Wildman–Crippen LogP) is 5.41. The highest BCUT2D eigenvalue weighted by Gasteiger charge is 2.20. The molecule has 2 N–H and O–H groups in total. The fraction of sp³-hybridized carbons (Fsp3) is 0.391. The zero-order chi connectivity index (χ0) is 23.9. The number of hydrogen-bond donors (Lipinski definition) is 2. The van der Waals surface area contributed by atoms with E-state index < -0.39 is 23.4 Å². The minimum absolute atomic E-state index is 0.153. The maximum atomic E-state index is 12.2. The predicted molar refractivity (Wildman–Crippen MR) is 122 cm³/mol. The molecular formula is C23H30N4O5. The molecule has 0 aliphatic heterocycles. The summed E-state index contributed by atoms with van der Waals surface area (Å²) >= 11 is 0. The van der Waals surface area contributed by atoms with Gasteiger partial charge in [0.15, 0.2) is 0 Å². The van der Waals surface area contributed by atoms with Crippen molar-refractivity contribution in [3.63, 3.8) is 0 Å². The third kappa shape index (κ3) is 9.46. The van der Waals surface area contributed by atoms with Crippen LogP contribution in [0.2, 0.25) is 0 Å². The van der Waals surface area contributed by atoms with Gasteiger partial charge in [-0.05, 0) is 72.2 Å². The Morgan fingerprint density at radius 1 is 0.969 bits per heavy atom. The van der Waals surface area contributed by atoms with Gasteiger partial charge in [0.2, 0.25) is 11.8 Å². The molecule has 9 nitrogen and oxygen atoms in total. The first kappa shape index (κ1) is 24.6. The van der Waals surface area contributed by atoms with Gasteiger partial charge in [-0.3, -0.25) is 5.32 Å². The molecule has 2 rings (SSSR count). The van der Waals surface area contributed by atoms with Crippen molar-refractivity contribution in [3.8, 4) is 11.6 Å². The van der Waals surface area contributed by atoms with E-state index in [0.717, 1.165) is 5.56 Å². The molecule has 0 fully saturated rings. The van der Waals surface area contributed by atoms with Crippen molar-refractivity contribution in [2.75, 3.05) is 5.32 Å². The lowest BCUT2D eigenvalue weighted by Gasteiger charge is -2.21. The van der Waals surface area contributed by atoms with Crippen molar-refractivity contribution in [1.82, 2.24) is 10.3 Å². The van der Waals surface area contributed by atoms with E-state index in [1.807, 2.05) is 13.0 Å². The van der Waals surface area contributed by atoms with Crippen LogP contribution in [0.1, 0.15) is 47.1 Å². The first-order valence-electron chi connectivity index (χ1n) is 10.1. The smallest absolute Gasteiger partial charge is 0.437 e. The molecule has 0 aliphatic rings. The van der Waals surface area contributed by atoms with Gasteiger partial charge in [0.25, 0.3) is 0 Å². The van der Waals surface area contributed by atoms with E-state index in [2.05, 4.69) is 20.6 Å². The fourth-order valence-corrected chi connectivity index (χ4v) is 2.32. The molecule has 0 saturated carbocycles. The summed E-state index contributed by atoms with van der Waals surface area (Å²) in [5, 5.41) is 5.33. The number of aliphatic imine (C=N–C) groups is 1. The zero-order valence-corrected chi connectivity index (χ0v) is 19.5. The monoisotopic (exact) mass is 442 g/mol. The third-order valence-corrected chi connectivity index (χ3v) is 3.43. The van der Waals surface area contributed by atoms with Crippen LogP contribution in [0, 0.1) is 6.92 Å². The van der Waals surface area contributed by atoms with Crippen LogP contribution in [0.3, 0.4) is 0 Å². The minimum Gasteiger partial charge on any atom is -0.444 e. The highest BCUT2D eigenvalue weighted by molar-refractivity contribution is 6.06. The average Bonchev–Trinajstić information content (AvgIpc) is 2.58. The van der Waals surface area contributed by atoms with Gasteiger partial charge in [-0.1, -0.05) is 6.07 Å². The van der Waals surface area contributed by atoms with E-state index in [1.54, 1.807) is 78.1 Å². The Morgan fingerprint density at radius 3 is 2.28 bits per heavy atom. The summed E-state index contributed by atoms with van der Waals surface area (Å²) in [6, 6.07) is 10.6. The Balaban J connectivity index is 2.22. The molecule has 1 aromatic heterocycles. The van der Waals surface area contributed by atoms with Gasteiger partial charge >= 0.3 is 12.2 Å². The van der Waals surface area contributed by atoms with Crippen LogP contribution in [0.15, 0.2) is 47.6 Å². The molecule has 32 heavy (non-hydrogen) atoms. The van der Waals surface area contributed by atoms with Crippen molar-refractivity contribution in [1.29, 1.82) is 0 Å². The van der Waals surface area contributed by atoms with Gasteiger partial charge in [0.1, 0.15) is 17.0 Å². The molecular weight excluding hydrogens is 412 g/mol. The van der Waals surface area contributed by atoms with Crippen LogP contribution >= 0.6 is 0 Å². The molecule has 0 saturated heterocycles. The Kier molecular flexibility index (Phi) is 7.80. The largest absolute Gasteiger partial charge is 0.444 e. The second kappa shape index (κ2) is 10.1. The van der Waals surface area contributed by atoms with Gasteiger partial charge in [-0.15, -0.1) is 4.99 Å². The highest BCUT2D eigenvalue weighted by atomic mass is 16.6. The van der Waals surface area contributed by atoms with Crippen LogP contribution in [-0.4, -0.2) is 34.3 Å². The second-order valence-corrected chi connectivity index (χ2v) is 8.99. The van der Waals surface area contributed by atoms with Gasteiger partial charge in [-0.25, -0.2) is 14.6 Å². The van der Waals surface area contributed by atoms with Gasteiger partial charge in [0, 0.05) is 24.0 Å². The molecule has 9 heteroatoms. The molecule has 1 heterocycles. The molecule has 0 aliphatic carbocycles. The minimum atomic E-state index is -0.868. The molecule has 0 radical (unpaired) electrons. The van der Waals surface area contributed by atoms with E-state index in [4.69, 9.17) is 14.2 Å². The maximum absolute atomic E-state index is 12.2. The van der Waals surface area contributed by atoms with Crippen molar-refractivity contribution in [2.45, 2.75) is 59.7 Å². The number of anilines is 1. The Morgan fingerprint density at radius 2 is 1.66 bits per heavy atom. The maximum Gasteiger partial charge on any atom is 0.437 e. The molecule has 0 unspecified atom stereocenters. The number of alkyl carbamates (subject to hydrolysis) is 1. The number of amides is 2. The summed E-state index contributed by atoms with van der Waals surface area (Å²) in [5.41, 5.74) is 0.0492. The van der Waals surface area contributed by atoms with Crippen molar-refractivity contribution < 1.29 is 23.8 Å². The average molecular weight is 443 g/mol. The van der Waals surface area contributed by atoms with Crippen LogP contribution < -0.4 is 15.4 Å². The summed E-state index contributed by atoms with van der Waals surface area (Å²) in [4.78, 5) is 32.4. The van der Waals surface area contributed by atoms with Crippen LogP contribution in [0.5, 0.6) is 11.6 Å². The van der Waals surface area contributed by atoms with Gasteiger partial charge in [0.05, 0.1) is 0 Å². The number of nitrogens with zero attached hydrogens (tertiary/aromatic N) is 2. The van der Waals surface area contributed by atoms with E-state index in [-0.39, 0.29) is 5.96 Å². The zero-order valence-electron chi connectivity index (χ0n) is 19.5. The summed E-state index contributed by atoms with van der Waals surface area (Å²) in [6.07, 6.45) is 0.0134. The number of ether oxygens (including phenoxy) is 3. The van der Waals surface area contributed by atoms with E-state index in [1.165, 1.54) is 0 Å². The molecule has 172 valence electrons. The molecule has 0 bridgehead atoms. The van der Waals surface area contributed by atoms with E-state index in [0.29, 0.717) is 17.3 Å². The Hall–Kier alpha value is -3.62. The summed E-state index contributed by atoms with van der Waals surface area (Å²) in [5.74, 6) is 0.790. The second-order valence-electron chi connectivity index (χ2n) is 8.99. The molecule has 2 amide bonds. The molecule has 2 aromatic rings. The topological polar surface area (TPSA) is 111 Å². The quantitative estimate of drug-likeness (QED) is 0.483. The fourth-order valence-electron chi connectivity index (χ4n) is 2.32. The molecule has 0 spiro atoms. The normalized spacial score (nSPS) is 12.0. The number of guanidine groups is 1. The highest BCUT2D eigenvalue weighted by Crippen LogP contribution is 2.23. The van der Waals surface area contributed by atoms with Gasteiger partial charge in [-0.2, -0.15) is 0 Å². The Labute approximate surface area is 188 Å². The standard InChI is InChI=1S/C23H30N4O5/c1-15-11-12-24-18(13-15)30-17-10-8-9-16(14-17)25-19(26-20(28)31-22(2,3)4)27-21(29)32-23(5,6)7/h8-14H,1-7H3,(H2,25,26,27,28,29). The van der Waals surface area contributed by atoms with Crippen molar-refractivity contribution in [2.24, 2.45) is 4.99 Å². The summed E-state index contributed by atoms with van der Waals surface area (Å²) in [7, 11) is 0. The number of carbonyl (C=O) groups is 2. The Bertz CT molecular complexity index is 990. The number of hydrogen-bond acceptors (Lipinski definition) is 6. The van der Waals surface area contributed by atoms with E-state index >= 15 is 0 Å². The van der Waals surface area contributed by atoms with Crippen molar-refractivity contribution in [3.05, 3.63) is 48.2 Å². The summed E-state index contributed by atoms with van der Waals surface area (Å²) < 4.78 is 16.2. The number of nitrogens with one attached hydrogen (secondary N) is 2. The molecule has 1 aromatic carbocycles. The number of carbonyl (C=O) groups excluding carboxylic acids is 2. The lowest BCUT2D eigenvalue weighted by Crippen LogP contribution is -2.40. The number of pyridine rings is 1. The number of rotatable bonds is 3. The third-order valence-electron chi connectivity index (χ3n) is 3.43. The first-order valence-corrected chi connectivity index (χ1v) is 10.1. The first-order chi connectivity index (χ1) is 14.8. The lowest BCUT2D eigenvalue weighted by atomic mass is 10.2. The van der Waals surface area contributed by atoms with Gasteiger partial charge < -0.3 is 19.5 Å². The SMILES string of the molecule is Cc1ccnc(Oc2cccc(NC(=NC(=O)OC(C)(C)C)NC(=O)OC(C)(C)C)c2)c1. The van der Waals surface area contributed by atoms with Crippen molar-refractivity contribution >= 4 is 23.8 Å². The number of aromatic nitrogens is 1. The van der Waals surface area contributed by atoms with E-state index in [9.17, 15) is 9.59 Å². The van der Waals surface area contributed by atoms with Crippen LogP contribution in [-0.2, 0) is 9.47 Å². The van der Waals surface area contributed by atoms with Crippen LogP contribution in [0.4, 0.5) is 15.3 Å². The lowest BCUT2D eigenvalue weighted by molar-refractivity contribution is 0.0562.